The van der Waals surface area contributed by atoms with Gasteiger partial charge in [0.1, 0.15) is 0 Å². The largest absolute Gasteiger partial charge is 0.479 e. The maximum Gasteiger partial charge on any atom is 0.332 e. The topological polar surface area (TPSA) is 102 Å². The van der Waals surface area contributed by atoms with Crippen LogP contribution in [0.25, 0.3) is 0 Å². The minimum absolute atomic E-state index is 0.146. The molecule has 0 spiro atoms. The lowest BCUT2D eigenvalue weighted by atomic mass is 9.79. The highest BCUT2D eigenvalue weighted by Gasteiger charge is 2.30. The molecule has 6 heteroatoms. The molecule has 1 amide bonds. The third-order valence-electron chi connectivity index (χ3n) is 2.92. The maximum absolute atomic E-state index is 11.7. The van der Waals surface area contributed by atoms with Gasteiger partial charge in [0.25, 0.3) is 0 Å². The zero-order chi connectivity index (χ0) is 12.0. The van der Waals surface area contributed by atoms with Crippen LogP contribution in [0.1, 0.15) is 25.7 Å². The Morgan fingerprint density at radius 1 is 1.38 bits per heavy atom. The summed E-state index contributed by atoms with van der Waals surface area (Å²) in [4.78, 5) is 26.4. The smallest absolute Gasteiger partial charge is 0.332 e. The Bertz CT molecular complexity index is 257. The number of hydrogen-bond acceptors (Lipinski definition) is 4. The minimum atomic E-state index is -1.11. The van der Waals surface area contributed by atoms with E-state index in [1.165, 1.54) is 0 Å². The van der Waals surface area contributed by atoms with E-state index in [1.54, 1.807) is 0 Å². The van der Waals surface area contributed by atoms with Crippen molar-refractivity contribution in [3.8, 4) is 0 Å². The number of nitrogens with one attached hydrogen (secondary N) is 1. The Balaban J connectivity index is 2.35. The van der Waals surface area contributed by atoms with E-state index in [0.717, 1.165) is 25.7 Å². The molecule has 0 aromatic carbocycles. The molecule has 6 nitrogen and oxygen atoms in total. The predicted molar refractivity (Wildman–Crippen MR) is 56.2 cm³/mol. The standard InChI is InChI=1S/C10H18N2O4/c11-5-7-3-1-2-4-8(7)10(15)12-16-6-9(13)14/h7-8H,1-6,11H2,(H,12,15)(H,13,14). The fraction of sp³-hybridized carbons (Fsp3) is 0.800. The monoisotopic (exact) mass is 230 g/mol. The van der Waals surface area contributed by atoms with Crippen LogP contribution in [0.2, 0.25) is 0 Å². The van der Waals surface area contributed by atoms with Crippen LogP contribution in [0.4, 0.5) is 0 Å². The van der Waals surface area contributed by atoms with Crippen molar-refractivity contribution in [1.82, 2.24) is 5.48 Å². The van der Waals surface area contributed by atoms with Crippen molar-refractivity contribution in [3.63, 3.8) is 0 Å². The lowest BCUT2D eigenvalue weighted by Crippen LogP contribution is -2.40. The van der Waals surface area contributed by atoms with Crippen molar-refractivity contribution in [2.24, 2.45) is 17.6 Å². The van der Waals surface area contributed by atoms with Crippen LogP contribution in [-0.2, 0) is 14.4 Å². The summed E-state index contributed by atoms with van der Waals surface area (Å²) in [5.74, 6) is -1.33. The van der Waals surface area contributed by atoms with Gasteiger partial charge in [-0.05, 0) is 25.3 Å². The van der Waals surface area contributed by atoms with E-state index in [4.69, 9.17) is 10.8 Å². The van der Waals surface area contributed by atoms with E-state index < -0.39 is 12.6 Å². The second-order valence-electron chi connectivity index (χ2n) is 4.04. The van der Waals surface area contributed by atoms with E-state index in [-0.39, 0.29) is 17.7 Å². The van der Waals surface area contributed by atoms with Gasteiger partial charge in [0.2, 0.25) is 5.91 Å². The SMILES string of the molecule is NCC1CCCCC1C(=O)NOCC(=O)O. The van der Waals surface area contributed by atoms with Crippen molar-refractivity contribution in [1.29, 1.82) is 0 Å². The summed E-state index contributed by atoms with van der Waals surface area (Å²) in [5.41, 5.74) is 7.77. The highest BCUT2D eigenvalue weighted by Crippen LogP contribution is 2.29. The Labute approximate surface area is 94.1 Å². The number of rotatable bonds is 5. The van der Waals surface area contributed by atoms with Crippen LogP contribution in [-0.4, -0.2) is 30.1 Å². The first kappa shape index (κ1) is 12.9. The van der Waals surface area contributed by atoms with Crippen molar-refractivity contribution in [3.05, 3.63) is 0 Å². The molecule has 0 bridgehead atoms. The second kappa shape index (κ2) is 6.44. The van der Waals surface area contributed by atoms with Crippen molar-refractivity contribution < 1.29 is 19.5 Å². The lowest BCUT2D eigenvalue weighted by molar-refractivity contribution is -0.151. The van der Waals surface area contributed by atoms with Gasteiger partial charge in [0.05, 0.1) is 0 Å². The molecule has 4 N–H and O–H groups in total. The molecule has 0 aromatic heterocycles. The molecule has 1 rings (SSSR count). The average molecular weight is 230 g/mol. The Morgan fingerprint density at radius 3 is 2.69 bits per heavy atom. The third kappa shape index (κ3) is 3.79. The van der Waals surface area contributed by atoms with Gasteiger partial charge in [-0.25, -0.2) is 10.3 Å². The highest BCUT2D eigenvalue weighted by molar-refractivity contribution is 5.78. The Kier molecular flexibility index (Phi) is 5.21. The highest BCUT2D eigenvalue weighted by atomic mass is 16.7. The van der Waals surface area contributed by atoms with Crippen molar-refractivity contribution >= 4 is 11.9 Å². The van der Waals surface area contributed by atoms with Gasteiger partial charge in [-0.2, -0.15) is 0 Å². The Hall–Kier alpha value is -1.14. The van der Waals surface area contributed by atoms with Crippen molar-refractivity contribution in [2.45, 2.75) is 25.7 Å². The van der Waals surface area contributed by atoms with Crippen LogP contribution in [0.15, 0.2) is 0 Å². The van der Waals surface area contributed by atoms with E-state index in [9.17, 15) is 9.59 Å². The molecule has 0 aromatic rings. The van der Waals surface area contributed by atoms with E-state index in [2.05, 4.69) is 10.3 Å². The van der Waals surface area contributed by atoms with Gasteiger partial charge >= 0.3 is 5.97 Å². The summed E-state index contributed by atoms with van der Waals surface area (Å²) < 4.78 is 0. The van der Waals surface area contributed by atoms with Crippen LogP contribution in [0.3, 0.4) is 0 Å². The molecule has 16 heavy (non-hydrogen) atoms. The number of hydrogen-bond donors (Lipinski definition) is 3. The number of carboxylic acids is 1. The third-order valence-corrected chi connectivity index (χ3v) is 2.92. The first-order valence-corrected chi connectivity index (χ1v) is 5.48. The molecule has 1 aliphatic rings. The summed E-state index contributed by atoms with van der Waals surface area (Å²) in [6.45, 7) is -0.0389. The van der Waals surface area contributed by atoms with Crippen molar-refractivity contribution in [2.75, 3.05) is 13.2 Å². The van der Waals surface area contributed by atoms with Crippen LogP contribution < -0.4 is 11.2 Å². The molecule has 92 valence electrons. The molecule has 0 radical (unpaired) electrons. The number of carbonyl (C=O) groups excluding carboxylic acids is 1. The fourth-order valence-electron chi connectivity index (χ4n) is 2.08. The zero-order valence-corrected chi connectivity index (χ0v) is 9.15. The first-order valence-electron chi connectivity index (χ1n) is 5.48. The van der Waals surface area contributed by atoms with Gasteiger partial charge < -0.3 is 10.8 Å². The van der Waals surface area contributed by atoms with Gasteiger partial charge in [0, 0.05) is 5.92 Å². The van der Waals surface area contributed by atoms with Gasteiger partial charge in [0.15, 0.2) is 6.61 Å². The lowest BCUT2D eigenvalue weighted by Gasteiger charge is -2.29. The number of carbonyl (C=O) groups is 2. The average Bonchev–Trinajstić information content (AvgIpc) is 2.28. The summed E-state index contributed by atoms with van der Waals surface area (Å²) in [7, 11) is 0. The molecular formula is C10H18N2O4. The molecular weight excluding hydrogens is 212 g/mol. The zero-order valence-electron chi connectivity index (χ0n) is 9.15. The molecule has 0 saturated heterocycles. The first-order chi connectivity index (χ1) is 7.65. The van der Waals surface area contributed by atoms with Crippen LogP contribution in [0, 0.1) is 11.8 Å². The normalized spacial score (nSPS) is 25.1. The van der Waals surface area contributed by atoms with Gasteiger partial charge in [-0.3, -0.25) is 9.63 Å². The quantitative estimate of drug-likeness (QED) is 0.572. The molecule has 1 aliphatic carbocycles. The van der Waals surface area contributed by atoms with Crippen LogP contribution >= 0.6 is 0 Å². The van der Waals surface area contributed by atoms with Gasteiger partial charge in [-0.15, -0.1) is 0 Å². The number of nitrogens with two attached hydrogens (primary N) is 1. The number of hydroxylamine groups is 1. The van der Waals surface area contributed by atoms with E-state index in [1.807, 2.05) is 0 Å². The molecule has 0 heterocycles. The Morgan fingerprint density at radius 2 is 2.06 bits per heavy atom. The molecule has 0 aliphatic heterocycles. The molecule has 2 atom stereocenters. The van der Waals surface area contributed by atoms with Crippen LogP contribution in [0.5, 0.6) is 0 Å². The summed E-state index contributed by atoms with van der Waals surface area (Å²) in [5, 5.41) is 8.34. The molecule has 2 unspecified atom stereocenters. The fourth-order valence-corrected chi connectivity index (χ4v) is 2.08. The predicted octanol–water partition coefficient (Wildman–Crippen LogP) is -0.116. The number of aliphatic carboxylic acids is 1. The number of carboxylic acid groups (broad SMARTS) is 1. The summed E-state index contributed by atoms with van der Waals surface area (Å²) >= 11 is 0. The number of amides is 1. The summed E-state index contributed by atoms with van der Waals surface area (Å²) in [6.07, 6.45) is 3.85. The van der Waals surface area contributed by atoms with Gasteiger partial charge in [-0.1, -0.05) is 12.8 Å². The minimum Gasteiger partial charge on any atom is -0.479 e. The summed E-state index contributed by atoms with van der Waals surface area (Å²) in [6, 6.07) is 0. The molecule has 1 saturated carbocycles. The van der Waals surface area contributed by atoms with E-state index >= 15 is 0 Å². The molecule has 1 fully saturated rings. The second-order valence-corrected chi connectivity index (χ2v) is 4.04. The van der Waals surface area contributed by atoms with E-state index in [0.29, 0.717) is 6.54 Å². The maximum atomic E-state index is 11.7.